The number of fused-ring (bicyclic) bond motifs is 3. The second-order valence-corrected chi connectivity index (χ2v) is 18.4. The molecule has 350 valence electrons. The van der Waals surface area contributed by atoms with Crippen LogP contribution in [0.2, 0.25) is 0 Å². The maximum atomic E-state index is 13.4. The monoisotopic (exact) mass is 922 g/mol. The van der Waals surface area contributed by atoms with Gasteiger partial charge in [-0.2, -0.15) is 0 Å². The van der Waals surface area contributed by atoms with Crippen molar-refractivity contribution in [2.24, 2.45) is 0 Å². The van der Waals surface area contributed by atoms with Gasteiger partial charge in [-0.1, -0.05) is 52.0 Å². The molecule has 67 heavy (non-hydrogen) atoms. The van der Waals surface area contributed by atoms with Crippen molar-refractivity contribution < 1.29 is 41.7 Å². The van der Waals surface area contributed by atoms with Crippen LogP contribution in [0.25, 0.3) is 33.8 Å². The minimum Gasteiger partial charge on any atom is -0.444 e. The Hall–Kier alpha value is -6.55. The van der Waals surface area contributed by atoms with Crippen LogP contribution in [-0.2, 0) is 23.7 Å². The van der Waals surface area contributed by atoms with E-state index in [4.69, 9.17) is 18.9 Å². The molecule has 18 nitrogen and oxygen atoms in total. The maximum Gasteiger partial charge on any atom is 0.410 e. The molecule has 0 radical (unpaired) electrons. The third-order valence-electron chi connectivity index (χ3n) is 12.3. The highest BCUT2D eigenvalue weighted by molar-refractivity contribution is 5.73. The molecule has 1 N–H and O–H groups in total. The summed E-state index contributed by atoms with van der Waals surface area (Å²) in [5.74, 6) is -0.865. The van der Waals surface area contributed by atoms with Gasteiger partial charge in [-0.3, -0.25) is 4.79 Å². The molecule has 9 atom stereocenters. The van der Waals surface area contributed by atoms with Crippen LogP contribution >= 0.6 is 0 Å². The number of likely N-dealkylation sites (tertiary alicyclic amines) is 2. The zero-order chi connectivity index (χ0) is 46.6. The molecule has 0 saturated carbocycles. The lowest BCUT2D eigenvalue weighted by Crippen LogP contribution is -2.46. The highest BCUT2D eigenvalue weighted by atomic mass is 19.1. The fourth-order valence-electron chi connectivity index (χ4n) is 8.78. The van der Waals surface area contributed by atoms with Gasteiger partial charge in [-0.15, -0.1) is 15.3 Å². The molecule has 3 aromatic carbocycles. The van der Waals surface area contributed by atoms with Crippen LogP contribution in [0.15, 0.2) is 91.4 Å². The van der Waals surface area contributed by atoms with Gasteiger partial charge in [0.15, 0.2) is 0 Å². The number of aromatic nitrogens is 9. The molecule has 0 spiro atoms. The summed E-state index contributed by atoms with van der Waals surface area (Å²) in [4.78, 5) is 27.4. The number of benzene rings is 3. The van der Waals surface area contributed by atoms with Crippen LogP contribution in [0.4, 0.5) is 18.0 Å². The first kappa shape index (κ1) is 44.3. The number of epoxide rings is 3. The van der Waals surface area contributed by atoms with Crippen molar-refractivity contribution in [3.63, 3.8) is 0 Å². The number of carbonyl (C=O) groups is 2. The third kappa shape index (κ3) is 10.1. The lowest BCUT2D eigenvalue weighted by Gasteiger charge is -2.31. The Kier molecular flexibility index (Phi) is 11.8. The lowest BCUT2D eigenvalue weighted by atomic mass is 10.1. The zero-order valence-electron chi connectivity index (χ0n) is 37.1. The van der Waals surface area contributed by atoms with Crippen LogP contribution in [0.1, 0.15) is 45.8 Å². The van der Waals surface area contributed by atoms with Crippen molar-refractivity contribution in [2.75, 3.05) is 39.3 Å². The topological polar surface area (TPSA) is 192 Å². The number of piperidine rings is 3. The summed E-state index contributed by atoms with van der Waals surface area (Å²) >= 11 is 0. The largest absolute Gasteiger partial charge is 0.444 e. The molecule has 6 aliphatic heterocycles. The summed E-state index contributed by atoms with van der Waals surface area (Å²) in [6.45, 7) is 11.0. The van der Waals surface area contributed by atoms with Gasteiger partial charge in [-0.25, -0.2) is 32.0 Å². The molecular weight excluding hydrogens is 874 g/mol. The quantitative estimate of drug-likeness (QED) is 0.222. The average Bonchev–Trinajstić information content (AvgIpc) is 4.25. The molecular formula is C46H49F3N12O6. The molecule has 0 unspecified atom stereocenters. The van der Waals surface area contributed by atoms with Crippen molar-refractivity contribution in [3.05, 3.63) is 109 Å². The number of carbonyl (C=O) groups excluding carboxylic acids is 2. The number of rotatable bonds is 6. The molecule has 9 heterocycles. The van der Waals surface area contributed by atoms with Crippen LogP contribution in [0, 0.1) is 17.5 Å². The minimum atomic E-state index is -0.550. The van der Waals surface area contributed by atoms with E-state index in [2.05, 4.69) is 36.3 Å². The second-order valence-electron chi connectivity index (χ2n) is 18.4. The number of nitrogens with one attached hydrogen (secondary N) is 1. The van der Waals surface area contributed by atoms with E-state index in [0.717, 1.165) is 18.7 Å². The first-order valence-electron chi connectivity index (χ1n) is 22.2. The Bertz CT molecular complexity index is 2760. The summed E-state index contributed by atoms with van der Waals surface area (Å²) in [7, 11) is 0. The number of amides is 2. The summed E-state index contributed by atoms with van der Waals surface area (Å²) in [5.41, 5.74) is 3.40. The number of hydrogen-bond donors (Lipinski definition) is 1. The smallest absolute Gasteiger partial charge is 0.410 e. The predicted molar refractivity (Wildman–Crippen MR) is 232 cm³/mol. The Morgan fingerprint density at radius 1 is 0.597 bits per heavy atom. The Morgan fingerprint density at radius 3 is 1.46 bits per heavy atom. The Morgan fingerprint density at radius 2 is 1.01 bits per heavy atom. The van der Waals surface area contributed by atoms with Crippen LogP contribution in [-0.4, -0.2) is 148 Å². The molecule has 6 aliphatic rings. The number of halogens is 3. The number of hydrogen-bond acceptors (Lipinski definition) is 13. The maximum absolute atomic E-state index is 13.4. The van der Waals surface area contributed by atoms with E-state index in [-0.39, 0.29) is 78.1 Å². The van der Waals surface area contributed by atoms with Gasteiger partial charge in [0.05, 0.1) is 37.3 Å². The molecule has 0 aliphatic carbocycles. The SMILES string of the molecule is CC(=O)N1C[C@@H]2O[C@@H]2[C@@H](n2cc(-c3cccc(F)c3)nn2)C1.CC(C)(C)OC(=O)N1C[C@@H]2O[C@@H]2[C@@H](n2cc(-c3cccc(F)c3)nn2)C1.Fc1cccc(-c2cn([C@H]3CNC[C@@H]4O[C@@H]43)nn2)c1. The molecule has 2 amide bonds. The van der Waals surface area contributed by atoms with Gasteiger partial charge in [0.2, 0.25) is 5.91 Å². The first-order valence-corrected chi connectivity index (χ1v) is 22.2. The zero-order valence-corrected chi connectivity index (χ0v) is 37.1. The predicted octanol–water partition coefficient (Wildman–Crippen LogP) is 4.89. The second kappa shape index (κ2) is 17.9. The van der Waals surface area contributed by atoms with Gasteiger partial charge < -0.3 is 34.1 Å². The number of ether oxygens (including phenoxy) is 4. The Balaban J connectivity index is 0.000000119. The first-order chi connectivity index (χ1) is 32.2. The van der Waals surface area contributed by atoms with Crippen molar-refractivity contribution in [2.45, 2.75) is 88.0 Å². The van der Waals surface area contributed by atoms with E-state index in [1.165, 1.54) is 36.4 Å². The summed E-state index contributed by atoms with van der Waals surface area (Å²) < 4.78 is 67.5. The van der Waals surface area contributed by atoms with Crippen LogP contribution in [0.5, 0.6) is 0 Å². The van der Waals surface area contributed by atoms with E-state index < -0.39 is 5.60 Å². The van der Waals surface area contributed by atoms with E-state index >= 15 is 0 Å². The van der Waals surface area contributed by atoms with E-state index in [1.54, 1.807) is 68.8 Å². The number of nitrogens with zero attached hydrogens (tertiary/aromatic N) is 11. The van der Waals surface area contributed by atoms with Gasteiger partial charge >= 0.3 is 6.09 Å². The average molecular weight is 923 g/mol. The van der Waals surface area contributed by atoms with Gasteiger partial charge in [-0.05, 0) is 57.2 Å². The van der Waals surface area contributed by atoms with E-state index in [1.807, 2.05) is 37.7 Å². The van der Waals surface area contributed by atoms with Gasteiger partial charge in [0, 0.05) is 56.3 Å². The van der Waals surface area contributed by atoms with E-state index in [0.29, 0.717) is 60.5 Å². The summed E-state index contributed by atoms with van der Waals surface area (Å²) in [5, 5.41) is 28.1. The van der Waals surface area contributed by atoms with Crippen molar-refractivity contribution in [1.82, 2.24) is 60.1 Å². The molecule has 6 aromatic rings. The third-order valence-corrected chi connectivity index (χ3v) is 12.3. The molecule has 6 saturated heterocycles. The van der Waals surface area contributed by atoms with Gasteiger partial charge in [0.1, 0.15) is 82.7 Å². The summed E-state index contributed by atoms with van der Waals surface area (Å²) in [6, 6.07) is 18.8. The van der Waals surface area contributed by atoms with Crippen LogP contribution in [0.3, 0.4) is 0 Å². The van der Waals surface area contributed by atoms with Crippen LogP contribution < -0.4 is 5.32 Å². The molecule has 21 heteroatoms. The lowest BCUT2D eigenvalue weighted by molar-refractivity contribution is -0.130. The van der Waals surface area contributed by atoms with Crippen molar-refractivity contribution >= 4 is 12.0 Å². The molecule has 12 rings (SSSR count). The van der Waals surface area contributed by atoms with E-state index in [9.17, 15) is 22.8 Å². The van der Waals surface area contributed by atoms with Crippen molar-refractivity contribution in [3.8, 4) is 33.8 Å². The normalized spacial score (nSPS) is 26.6. The van der Waals surface area contributed by atoms with Gasteiger partial charge in [0.25, 0.3) is 0 Å². The minimum absolute atomic E-state index is 0.00995. The molecule has 6 fully saturated rings. The molecule has 0 bridgehead atoms. The molecule has 3 aromatic heterocycles. The highest BCUT2D eigenvalue weighted by Gasteiger charge is 2.54. The highest BCUT2D eigenvalue weighted by Crippen LogP contribution is 2.40. The fourth-order valence-corrected chi connectivity index (χ4v) is 8.78. The van der Waals surface area contributed by atoms with Crippen molar-refractivity contribution in [1.29, 1.82) is 0 Å². The Labute approximate surface area is 382 Å². The standard InChI is InChI=1S/C18H21FN4O3.C15H15FN4O2.C13H13FN4O/c1-18(2,3)26-17(24)22-9-14(16-15(10-22)25-16)23-8-13(20-21-23)11-5-4-6-12(19)7-11;1-9(21)19-7-13(15-14(8-19)22-15)20-6-12(17-18-20)10-3-2-4-11(16)5-10;14-9-3-1-2-8(4-9)10-7-18(17-16-10)11-5-15-6-12-13(11)19-12/h4-8,14-16H,9-10H2,1-3H3;2-6,13-15H,7-8H2,1H3;1-4,7,11-13,15H,5-6H2/t14-,15-,16+;13-,14-,15+;11-,12-,13+/m000/s1. The fraction of sp³-hybridized carbons (Fsp3) is 0.435. The summed E-state index contributed by atoms with van der Waals surface area (Å²) in [6.07, 6.45) is 5.75.